The minimum atomic E-state index is -1.07. The van der Waals surface area contributed by atoms with Crippen molar-refractivity contribution in [3.8, 4) is 0 Å². The van der Waals surface area contributed by atoms with Crippen molar-refractivity contribution < 1.29 is 19.4 Å². The van der Waals surface area contributed by atoms with Gasteiger partial charge in [0.05, 0.1) is 0 Å². The molecule has 0 spiro atoms. The van der Waals surface area contributed by atoms with Gasteiger partial charge < -0.3 is 20.5 Å². The summed E-state index contributed by atoms with van der Waals surface area (Å²) >= 11 is 0. The van der Waals surface area contributed by atoms with E-state index in [9.17, 15) is 14.7 Å². The van der Waals surface area contributed by atoms with Gasteiger partial charge in [0.25, 0.3) is 0 Å². The number of ether oxygens (including phenoxy) is 1. The molecule has 0 aromatic rings. The van der Waals surface area contributed by atoms with E-state index in [4.69, 9.17) is 10.5 Å². The number of piperidine rings is 1. The third kappa shape index (κ3) is 3.37. The van der Waals surface area contributed by atoms with Gasteiger partial charge in [0.1, 0.15) is 11.0 Å². The van der Waals surface area contributed by atoms with Crippen LogP contribution in [-0.2, 0) is 9.53 Å². The lowest BCUT2D eigenvalue weighted by atomic mass is 9.74. The first kappa shape index (κ1) is 15.8. The fraction of sp³-hybridized carbons (Fsp3) is 0.846. The summed E-state index contributed by atoms with van der Waals surface area (Å²) in [6.07, 6.45) is 0.390. The van der Waals surface area contributed by atoms with Crippen molar-refractivity contribution in [1.82, 2.24) is 4.90 Å². The van der Waals surface area contributed by atoms with Crippen LogP contribution >= 0.6 is 0 Å². The molecule has 6 nitrogen and oxygen atoms in total. The van der Waals surface area contributed by atoms with Crippen molar-refractivity contribution in [2.45, 2.75) is 52.2 Å². The monoisotopic (exact) mass is 272 g/mol. The third-order valence-electron chi connectivity index (χ3n) is 3.60. The molecule has 0 aromatic heterocycles. The molecule has 110 valence electrons. The maximum atomic E-state index is 12.0. The standard InChI is InChI=1S/C13H24N2O4/c1-5-13(10(16)17)8-15(7-6-9(13)14)11(18)19-12(2,3)4/h9H,5-8,14H2,1-4H3,(H,16,17). The summed E-state index contributed by atoms with van der Waals surface area (Å²) in [5, 5.41) is 9.43. The van der Waals surface area contributed by atoms with Crippen LogP contribution in [0.1, 0.15) is 40.5 Å². The van der Waals surface area contributed by atoms with Crippen LogP contribution < -0.4 is 5.73 Å². The quantitative estimate of drug-likeness (QED) is 0.793. The molecule has 6 heteroatoms. The second-order valence-electron chi connectivity index (χ2n) is 6.11. The van der Waals surface area contributed by atoms with E-state index in [0.29, 0.717) is 19.4 Å². The SMILES string of the molecule is CCC1(C(=O)O)CN(C(=O)OC(C)(C)C)CCC1N. The topological polar surface area (TPSA) is 92.9 Å². The Balaban J connectivity index is 2.85. The predicted molar refractivity (Wildman–Crippen MR) is 70.8 cm³/mol. The normalized spacial score (nSPS) is 28.1. The molecule has 1 aliphatic rings. The number of nitrogens with two attached hydrogens (primary N) is 1. The third-order valence-corrected chi connectivity index (χ3v) is 3.60. The molecule has 2 atom stereocenters. The Hall–Kier alpha value is -1.30. The van der Waals surface area contributed by atoms with Crippen LogP contribution in [-0.4, -0.2) is 46.8 Å². The van der Waals surface area contributed by atoms with Crippen molar-refractivity contribution in [2.24, 2.45) is 11.1 Å². The number of likely N-dealkylation sites (tertiary alicyclic amines) is 1. The minimum Gasteiger partial charge on any atom is -0.481 e. The smallest absolute Gasteiger partial charge is 0.410 e. The molecule has 2 unspecified atom stereocenters. The fourth-order valence-electron chi connectivity index (χ4n) is 2.34. The number of hydrogen-bond donors (Lipinski definition) is 2. The Morgan fingerprint density at radius 1 is 1.47 bits per heavy atom. The number of hydrogen-bond acceptors (Lipinski definition) is 4. The summed E-state index contributed by atoms with van der Waals surface area (Å²) in [7, 11) is 0. The number of amides is 1. The van der Waals surface area contributed by atoms with Crippen LogP contribution in [0.25, 0.3) is 0 Å². The molecule has 0 aliphatic carbocycles. The molecule has 1 amide bonds. The molecule has 1 heterocycles. The maximum absolute atomic E-state index is 12.0. The van der Waals surface area contributed by atoms with Crippen LogP contribution in [0.2, 0.25) is 0 Å². The van der Waals surface area contributed by atoms with Crippen LogP contribution in [0.5, 0.6) is 0 Å². The molecule has 3 N–H and O–H groups in total. The number of carboxylic acid groups (broad SMARTS) is 1. The van der Waals surface area contributed by atoms with E-state index in [1.165, 1.54) is 4.90 Å². The summed E-state index contributed by atoms with van der Waals surface area (Å²) < 4.78 is 5.28. The van der Waals surface area contributed by atoms with Gasteiger partial charge in [-0.1, -0.05) is 6.92 Å². The Morgan fingerprint density at radius 3 is 2.47 bits per heavy atom. The van der Waals surface area contributed by atoms with E-state index in [0.717, 1.165) is 0 Å². The molecule has 0 bridgehead atoms. The van der Waals surface area contributed by atoms with Gasteiger partial charge in [-0.15, -0.1) is 0 Å². The average molecular weight is 272 g/mol. The molecule has 0 saturated carbocycles. The highest BCUT2D eigenvalue weighted by Crippen LogP contribution is 2.33. The van der Waals surface area contributed by atoms with Gasteiger partial charge in [-0.2, -0.15) is 0 Å². The summed E-state index contributed by atoms with van der Waals surface area (Å²) in [5.41, 5.74) is 4.29. The zero-order valence-electron chi connectivity index (χ0n) is 12.1. The zero-order valence-corrected chi connectivity index (χ0v) is 12.1. The first-order valence-corrected chi connectivity index (χ1v) is 6.59. The van der Waals surface area contributed by atoms with Gasteiger partial charge in [-0.3, -0.25) is 4.79 Å². The number of rotatable bonds is 2. The Kier molecular flexibility index (Phi) is 4.45. The van der Waals surface area contributed by atoms with Crippen molar-refractivity contribution in [1.29, 1.82) is 0 Å². The lowest BCUT2D eigenvalue weighted by Gasteiger charge is -2.43. The predicted octanol–water partition coefficient (Wildman–Crippen LogP) is 1.44. The summed E-state index contributed by atoms with van der Waals surface area (Å²) in [6.45, 7) is 7.67. The summed E-state index contributed by atoms with van der Waals surface area (Å²) in [5.74, 6) is -0.948. The van der Waals surface area contributed by atoms with Crippen LogP contribution in [0, 0.1) is 5.41 Å². The highest BCUT2D eigenvalue weighted by atomic mass is 16.6. The maximum Gasteiger partial charge on any atom is 0.410 e. The van der Waals surface area contributed by atoms with Gasteiger partial charge in [-0.25, -0.2) is 4.79 Å². The average Bonchev–Trinajstić information content (AvgIpc) is 2.27. The Morgan fingerprint density at radius 2 is 2.05 bits per heavy atom. The summed E-state index contributed by atoms with van der Waals surface area (Å²) in [6, 6.07) is -0.436. The van der Waals surface area contributed by atoms with E-state index < -0.39 is 29.1 Å². The first-order valence-electron chi connectivity index (χ1n) is 6.59. The van der Waals surface area contributed by atoms with E-state index >= 15 is 0 Å². The molecule has 19 heavy (non-hydrogen) atoms. The Labute approximate surface area is 113 Å². The molecular formula is C13H24N2O4. The number of carbonyl (C=O) groups excluding carboxylic acids is 1. The molecular weight excluding hydrogens is 248 g/mol. The molecule has 1 rings (SSSR count). The van der Waals surface area contributed by atoms with Crippen molar-refractivity contribution >= 4 is 12.1 Å². The molecule has 1 fully saturated rings. The lowest BCUT2D eigenvalue weighted by molar-refractivity contribution is -0.153. The number of aliphatic carboxylic acids is 1. The van der Waals surface area contributed by atoms with Gasteiger partial charge >= 0.3 is 12.1 Å². The van der Waals surface area contributed by atoms with Crippen LogP contribution in [0.15, 0.2) is 0 Å². The van der Waals surface area contributed by atoms with Gasteiger partial charge in [0.15, 0.2) is 0 Å². The van der Waals surface area contributed by atoms with Gasteiger partial charge in [0, 0.05) is 19.1 Å². The second kappa shape index (κ2) is 5.36. The first-order chi connectivity index (χ1) is 8.62. The summed E-state index contributed by atoms with van der Waals surface area (Å²) in [4.78, 5) is 25.0. The van der Waals surface area contributed by atoms with E-state index in [1.54, 1.807) is 27.7 Å². The number of carbonyl (C=O) groups is 2. The molecule has 1 aliphatic heterocycles. The second-order valence-corrected chi connectivity index (χ2v) is 6.11. The Bertz CT molecular complexity index is 364. The largest absolute Gasteiger partial charge is 0.481 e. The van der Waals surface area contributed by atoms with Gasteiger partial charge in [0.2, 0.25) is 0 Å². The van der Waals surface area contributed by atoms with Crippen molar-refractivity contribution in [3.63, 3.8) is 0 Å². The highest BCUT2D eigenvalue weighted by molar-refractivity contribution is 5.78. The zero-order chi connectivity index (χ0) is 14.8. The van der Waals surface area contributed by atoms with Crippen LogP contribution in [0.4, 0.5) is 4.79 Å². The molecule has 0 aromatic carbocycles. The minimum absolute atomic E-state index is 0.106. The van der Waals surface area contributed by atoms with Crippen molar-refractivity contribution in [2.75, 3.05) is 13.1 Å². The fourth-order valence-corrected chi connectivity index (χ4v) is 2.34. The van der Waals surface area contributed by atoms with E-state index in [1.807, 2.05) is 0 Å². The van der Waals surface area contributed by atoms with E-state index in [2.05, 4.69) is 0 Å². The number of nitrogens with zero attached hydrogens (tertiary/aromatic N) is 1. The molecule has 1 saturated heterocycles. The van der Waals surface area contributed by atoms with Gasteiger partial charge in [-0.05, 0) is 33.6 Å². The number of carboxylic acids is 1. The van der Waals surface area contributed by atoms with E-state index in [-0.39, 0.29) is 6.54 Å². The molecule has 0 radical (unpaired) electrons. The van der Waals surface area contributed by atoms with Crippen molar-refractivity contribution in [3.05, 3.63) is 0 Å². The lowest BCUT2D eigenvalue weighted by Crippen LogP contribution is -2.60. The van der Waals surface area contributed by atoms with Crippen LogP contribution in [0.3, 0.4) is 0 Å². The highest BCUT2D eigenvalue weighted by Gasteiger charge is 2.48.